The highest BCUT2D eigenvalue weighted by molar-refractivity contribution is 5.07. The van der Waals surface area contributed by atoms with Gasteiger partial charge in [-0.1, -0.05) is 20.4 Å². The van der Waals surface area contributed by atoms with Crippen molar-refractivity contribution in [1.82, 2.24) is 0 Å². The van der Waals surface area contributed by atoms with Crippen LogP contribution in [0.15, 0.2) is 12.2 Å². The van der Waals surface area contributed by atoms with Crippen molar-refractivity contribution in [1.29, 1.82) is 0 Å². The van der Waals surface area contributed by atoms with Gasteiger partial charge in [-0.25, -0.2) is 0 Å². The largest absolute Gasteiger partial charge is 0.374 e. The van der Waals surface area contributed by atoms with Crippen LogP contribution in [0.25, 0.3) is 0 Å². The van der Waals surface area contributed by atoms with Crippen molar-refractivity contribution in [3.63, 3.8) is 0 Å². The van der Waals surface area contributed by atoms with Gasteiger partial charge in [0.05, 0.1) is 12.7 Å². The lowest BCUT2D eigenvalue weighted by Crippen LogP contribution is -2.30. The molecule has 1 saturated heterocycles. The molecule has 52 valence electrons. The Morgan fingerprint density at radius 1 is 1.67 bits per heavy atom. The van der Waals surface area contributed by atoms with E-state index in [-0.39, 0.29) is 0 Å². The van der Waals surface area contributed by atoms with Crippen molar-refractivity contribution in [2.75, 3.05) is 6.61 Å². The molecule has 1 heteroatoms. The van der Waals surface area contributed by atoms with Crippen LogP contribution in [-0.4, -0.2) is 12.7 Å². The zero-order valence-electron chi connectivity index (χ0n) is 6.18. The van der Waals surface area contributed by atoms with Gasteiger partial charge in [-0.2, -0.15) is 0 Å². The zero-order valence-corrected chi connectivity index (χ0v) is 6.18. The van der Waals surface area contributed by atoms with Crippen LogP contribution in [0.4, 0.5) is 0 Å². The van der Waals surface area contributed by atoms with Gasteiger partial charge in [-0.3, -0.25) is 0 Å². The standard InChI is InChI=1S/C8H14O/c1-6(2)7(3)8-4-5-9-8/h6,8H,3-5H2,1-2H3/t8-/m0/s1. The molecule has 1 atom stereocenters. The lowest BCUT2D eigenvalue weighted by atomic mass is 9.95. The highest BCUT2D eigenvalue weighted by atomic mass is 16.5. The number of rotatable bonds is 2. The lowest BCUT2D eigenvalue weighted by molar-refractivity contribution is -0.0301. The van der Waals surface area contributed by atoms with Gasteiger partial charge < -0.3 is 4.74 Å². The molecule has 1 aliphatic rings. The predicted octanol–water partition coefficient (Wildman–Crippen LogP) is 1.99. The molecule has 9 heavy (non-hydrogen) atoms. The molecule has 0 aromatic rings. The summed E-state index contributed by atoms with van der Waals surface area (Å²) in [4.78, 5) is 0. The van der Waals surface area contributed by atoms with Crippen molar-refractivity contribution in [3.05, 3.63) is 12.2 Å². The lowest BCUT2D eigenvalue weighted by Gasteiger charge is -2.30. The summed E-state index contributed by atoms with van der Waals surface area (Å²) in [5, 5.41) is 0. The van der Waals surface area contributed by atoms with E-state index in [0.717, 1.165) is 6.61 Å². The zero-order chi connectivity index (χ0) is 6.85. The van der Waals surface area contributed by atoms with Crippen LogP contribution in [-0.2, 0) is 4.74 Å². The Morgan fingerprint density at radius 2 is 2.22 bits per heavy atom. The van der Waals surface area contributed by atoms with Gasteiger partial charge in [-0.15, -0.1) is 0 Å². The average Bonchev–Trinajstić information content (AvgIpc) is 1.60. The Morgan fingerprint density at radius 3 is 2.33 bits per heavy atom. The maximum absolute atomic E-state index is 5.25. The highest BCUT2D eigenvalue weighted by Crippen LogP contribution is 2.23. The second-order valence-electron chi connectivity index (χ2n) is 2.88. The topological polar surface area (TPSA) is 9.23 Å². The van der Waals surface area contributed by atoms with E-state index in [1.807, 2.05) is 0 Å². The van der Waals surface area contributed by atoms with Crippen LogP contribution >= 0.6 is 0 Å². The Hall–Kier alpha value is -0.300. The first-order chi connectivity index (χ1) is 4.22. The third-order valence-electron chi connectivity index (χ3n) is 1.85. The molecule has 0 unspecified atom stereocenters. The predicted molar refractivity (Wildman–Crippen MR) is 38.3 cm³/mol. The van der Waals surface area contributed by atoms with E-state index in [1.54, 1.807) is 0 Å². The summed E-state index contributed by atoms with van der Waals surface area (Å²) < 4.78 is 5.25. The van der Waals surface area contributed by atoms with Gasteiger partial charge in [0, 0.05) is 6.42 Å². The molecule has 0 bridgehead atoms. The summed E-state index contributed by atoms with van der Waals surface area (Å²) in [5.74, 6) is 0.579. The molecule has 1 rings (SSSR count). The van der Waals surface area contributed by atoms with Gasteiger partial charge in [0.15, 0.2) is 0 Å². The van der Waals surface area contributed by atoms with Crippen LogP contribution in [0, 0.1) is 5.92 Å². The Bertz CT molecular complexity index is 112. The minimum atomic E-state index is 0.380. The fourth-order valence-corrected chi connectivity index (χ4v) is 0.900. The minimum Gasteiger partial charge on any atom is -0.374 e. The van der Waals surface area contributed by atoms with E-state index in [1.165, 1.54) is 12.0 Å². The molecular weight excluding hydrogens is 112 g/mol. The van der Waals surface area contributed by atoms with E-state index in [2.05, 4.69) is 20.4 Å². The number of hydrogen-bond acceptors (Lipinski definition) is 1. The quantitative estimate of drug-likeness (QED) is 0.514. The summed E-state index contributed by atoms with van der Waals surface area (Å²) in [6.07, 6.45) is 1.56. The smallest absolute Gasteiger partial charge is 0.0806 e. The first-order valence-corrected chi connectivity index (χ1v) is 3.52. The molecule has 0 aliphatic carbocycles. The summed E-state index contributed by atoms with van der Waals surface area (Å²) >= 11 is 0. The molecule has 0 saturated carbocycles. The Labute approximate surface area is 56.7 Å². The van der Waals surface area contributed by atoms with E-state index in [4.69, 9.17) is 4.74 Å². The molecule has 0 N–H and O–H groups in total. The third-order valence-corrected chi connectivity index (χ3v) is 1.85. The van der Waals surface area contributed by atoms with Gasteiger partial charge >= 0.3 is 0 Å². The number of ether oxygens (including phenoxy) is 1. The van der Waals surface area contributed by atoms with Crippen LogP contribution < -0.4 is 0 Å². The molecule has 0 spiro atoms. The molecule has 1 nitrogen and oxygen atoms in total. The van der Waals surface area contributed by atoms with Crippen molar-refractivity contribution in [3.8, 4) is 0 Å². The van der Waals surface area contributed by atoms with Gasteiger partial charge in [0.25, 0.3) is 0 Å². The molecule has 0 amide bonds. The first-order valence-electron chi connectivity index (χ1n) is 3.52. The maximum Gasteiger partial charge on any atom is 0.0806 e. The summed E-state index contributed by atoms with van der Waals surface area (Å²) in [7, 11) is 0. The summed E-state index contributed by atoms with van der Waals surface area (Å²) in [6.45, 7) is 9.19. The molecule has 1 fully saturated rings. The van der Waals surface area contributed by atoms with E-state index >= 15 is 0 Å². The SMILES string of the molecule is C=C(C(C)C)[C@@H]1CCO1. The van der Waals surface area contributed by atoms with Crippen LogP contribution in [0.3, 0.4) is 0 Å². The van der Waals surface area contributed by atoms with E-state index in [0.29, 0.717) is 12.0 Å². The van der Waals surface area contributed by atoms with Crippen molar-refractivity contribution in [2.45, 2.75) is 26.4 Å². The van der Waals surface area contributed by atoms with Crippen LogP contribution in [0.1, 0.15) is 20.3 Å². The number of hydrogen-bond donors (Lipinski definition) is 0. The summed E-state index contributed by atoms with van der Waals surface area (Å²) in [6, 6.07) is 0. The fourth-order valence-electron chi connectivity index (χ4n) is 0.900. The van der Waals surface area contributed by atoms with Crippen molar-refractivity contribution in [2.24, 2.45) is 5.92 Å². The highest BCUT2D eigenvalue weighted by Gasteiger charge is 2.22. The molecular formula is C8H14O. The fraction of sp³-hybridized carbons (Fsp3) is 0.750. The molecule has 0 aromatic heterocycles. The summed E-state index contributed by atoms with van der Waals surface area (Å²) in [5.41, 5.74) is 1.25. The second kappa shape index (κ2) is 2.53. The Balaban J connectivity index is 2.32. The van der Waals surface area contributed by atoms with E-state index in [9.17, 15) is 0 Å². The maximum atomic E-state index is 5.25. The van der Waals surface area contributed by atoms with Gasteiger partial charge in [0.1, 0.15) is 0 Å². The van der Waals surface area contributed by atoms with Gasteiger partial charge in [-0.05, 0) is 11.5 Å². The first kappa shape index (κ1) is 6.81. The monoisotopic (exact) mass is 126 g/mol. The van der Waals surface area contributed by atoms with Crippen molar-refractivity contribution < 1.29 is 4.74 Å². The third kappa shape index (κ3) is 1.33. The molecule has 0 aromatic carbocycles. The molecule has 1 aliphatic heterocycles. The van der Waals surface area contributed by atoms with Crippen molar-refractivity contribution >= 4 is 0 Å². The van der Waals surface area contributed by atoms with Crippen LogP contribution in [0.2, 0.25) is 0 Å². The van der Waals surface area contributed by atoms with Gasteiger partial charge in [0.2, 0.25) is 0 Å². The normalized spacial score (nSPS) is 25.9. The molecule has 1 heterocycles. The average molecular weight is 126 g/mol. The van der Waals surface area contributed by atoms with E-state index < -0.39 is 0 Å². The molecule has 0 radical (unpaired) electrons. The minimum absolute atomic E-state index is 0.380. The second-order valence-corrected chi connectivity index (χ2v) is 2.88. The Kier molecular flexibility index (Phi) is 1.91. The van der Waals surface area contributed by atoms with Crippen LogP contribution in [0.5, 0.6) is 0 Å².